The van der Waals surface area contributed by atoms with Gasteiger partial charge in [-0.3, -0.25) is 25.2 Å². The van der Waals surface area contributed by atoms with Crippen LogP contribution in [0.3, 0.4) is 0 Å². The topological polar surface area (TPSA) is 87.3 Å². The van der Waals surface area contributed by atoms with Crippen molar-refractivity contribution in [3.8, 4) is 0 Å². The number of rotatable bonds is 3. The molecular formula is C13H14BrN3O3. The van der Waals surface area contributed by atoms with Crippen molar-refractivity contribution in [3.05, 3.63) is 34.3 Å². The van der Waals surface area contributed by atoms with E-state index in [9.17, 15) is 14.4 Å². The Balaban J connectivity index is 1.72. The Hall–Kier alpha value is -1.89. The van der Waals surface area contributed by atoms with E-state index in [1.54, 1.807) is 12.1 Å². The van der Waals surface area contributed by atoms with Gasteiger partial charge in [0.15, 0.2) is 0 Å². The number of benzene rings is 1. The van der Waals surface area contributed by atoms with Crippen LogP contribution >= 0.6 is 15.9 Å². The molecule has 0 bridgehead atoms. The zero-order chi connectivity index (χ0) is 14.5. The highest BCUT2D eigenvalue weighted by molar-refractivity contribution is 9.10. The molecule has 7 heteroatoms. The SMILES string of the molecule is O=C(Cc1ccc(Br)cc1)NNC(=O)C(=O)NC1CC1. The Morgan fingerprint density at radius 1 is 1.05 bits per heavy atom. The van der Waals surface area contributed by atoms with Crippen molar-refractivity contribution in [2.75, 3.05) is 0 Å². The third kappa shape index (κ3) is 4.65. The molecule has 0 radical (unpaired) electrons. The Labute approximate surface area is 124 Å². The van der Waals surface area contributed by atoms with E-state index in [2.05, 4.69) is 32.1 Å². The predicted molar refractivity (Wildman–Crippen MR) is 75.3 cm³/mol. The summed E-state index contributed by atoms with van der Waals surface area (Å²) in [5.74, 6) is -1.97. The van der Waals surface area contributed by atoms with Crippen LogP contribution in [0.1, 0.15) is 18.4 Å². The van der Waals surface area contributed by atoms with Crippen LogP contribution in [0.5, 0.6) is 0 Å². The van der Waals surface area contributed by atoms with Gasteiger partial charge in [-0.25, -0.2) is 0 Å². The number of carbonyl (C=O) groups is 3. The summed E-state index contributed by atoms with van der Waals surface area (Å²) >= 11 is 3.30. The van der Waals surface area contributed by atoms with Crippen molar-refractivity contribution in [3.63, 3.8) is 0 Å². The van der Waals surface area contributed by atoms with Gasteiger partial charge in [0, 0.05) is 10.5 Å². The average Bonchev–Trinajstić information content (AvgIpc) is 3.22. The fourth-order valence-electron chi connectivity index (χ4n) is 1.49. The lowest BCUT2D eigenvalue weighted by atomic mass is 10.1. The first kappa shape index (κ1) is 14.5. The highest BCUT2D eigenvalue weighted by Gasteiger charge is 2.26. The van der Waals surface area contributed by atoms with E-state index in [0.29, 0.717) is 0 Å². The van der Waals surface area contributed by atoms with Crippen LogP contribution in [-0.2, 0) is 20.8 Å². The van der Waals surface area contributed by atoms with Gasteiger partial charge < -0.3 is 5.32 Å². The van der Waals surface area contributed by atoms with Gasteiger partial charge in [-0.15, -0.1) is 0 Å². The highest BCUT2D eigenvalue weighted by atomic mass is 79.9. The first-order chi connectivity index (χ1) is 9.54. The highest BCUT2D eigenvalue weighted by Crippen LogP contribution is 2.18. The molecule has 0 heterocycles. The molecule has 1 saturated carbocycles. The molecular weight excluding hydrogens is 326 g/mol. The summed E-state index contributed by atoms with van der Waals surface area (Å²) in [6.07, 6.45) is 1.92. The van der Waals surface area contributed by atoms with Crippen LogP contribution in [0.2, 0.25) is 0 Å². The van der Waals surface area contributed by atoms with Crippen molar-refractivity contribution < 1.29 is 14.4 Å². The van der Waals surface area contributed by atoms with Crippen molar-refractivity contribution in [1.82, 2.24) is 16.2 Å². The maximum absolute atomic E-state index is 11.6. The second kappa shape index (κ2) is 6.51. The number of hydrazine groups is 1. The molecule has 20 heavy (non-hydrogen) atoms. The first-order valence-electron chi connectivity index (χ1n) is 6.19. The van der Waals surface area contributed by atoms with Gasteiger partial charge in [-0.1, -0.05) is 28.1 Å². The molecule has 0 aliphatic heterocycles. The molecule has 1 aromatic rings. The molecule has 1 aliphatic rings. The third-order valence-electron chi connectivity index (χ3n) is 2.71. The summed E-state index contributed by atoms with van der Waals surface area (Å²) in [5.41, 5.74) is 5.10. The van der Waals surface area contributed by atoms with Gasteiger partial charge in [-0.2, -0.15) is 0 Å². The number of carbonyl (C=O) groups excluding carboxylic acids is 3. The number of nitrogens with one attached hydrogen (secondary N) is 3. The monoisotopic (exact) mass is 339 g/mol. The van der Waals surface area contributed by atoms with E-state index in [1.807, 2.05) is 12.1 Å². The summed E-state index contributed by atoms with van der Waals surface area (Å²) in [6.45, 7) is 0. The second-order valence-electron chi connectivity index (χ2n) is 4.55. The molecule has 0 saturated heterocycles. The maximum Gasteiger partial charge on any atom is 0.327 e. The largest absolute Gasteiger partial charge is 0.345 e. The van der Waals surface area contributed by atoms with E-state index in [-0.39, 0.29) is 18.4 Å². The Morgan fingerprint density at radius 3 is 2.30 bits per heavy atom. The minimum Gasteiger partial charge on any atom is -0.345 e. The molecule has 0 atom stereocenters. The minimum atomic E-state index is -0.860. The van der Waals surface area contributed by atoms with Gasteiger partial charge in [-0.05, 0) is 30.5 Å². The molecule has 3 N–H and O–H groups in total. The second-order valence-corrected chi connectivity index (χ2v) is 5.47. The number of halogens is 1. The number of hydrogen-bond acceptors (Lipinski definition) is 3. The molecule has 1 aliphatic carbocycles. The molecule has 2 rings (SSSR count). The van der Waals surface area contributed by atoms with E-state index in [0.717, 1.165) is 22.9 Å². The Bertz CT molecular complexity index is 526. The van der Waals surface area contributed by atoms with Crippen LogP contribution in [0.15, 0.2) is 28.7 Å². The lowest BCUT2D eigenvalue weighted by Crippen LogP contribution is -2.49. The third-order valence-corrected chi connectivity index (χ3v) is 3.24. The van der Waals surface area contributed by atoms with Gasteiger partial charge in [0.25, 0.3) is 0 Å². The fraction of sp³-hybridized carbons (Fsp3) is 0.308. The normalized spacial score (nSPS) is 13.4. The summed E-state index contributed by atoms with van der Waals surface area (Å²) < 4.78 is 0.923. The van der Waals surface area contributed by atoms with Crippen LogP contribution in [-0.4, -0.2) is 23.8 Å². The first-order valence-corrected chi connectivity index (χ1v) is 6.98. The van der Waals surface area contributed by atoms with E-state index in [4.69, 9.17) is 0 Å². The van der Waals surface area contributed by atoms with Crippen molar-refractivity contribution in [2.45, 2.75) is 25.3 Å². The number of amides is 3. The fourth-order valence-corrected chi connectivity index (χ4v) is 1.76. The van der Waals surface area contributed by atoms with Crippen molar-refractivity contribution >= 4 is 33.7 Å². The molecule has 1 fully saturated rings. The van der Waals surface area contributed by atoms with Gasteiger partial charge in [0.1, 0.15) is 0 Å². The van der Waals surface area contributed by atoms with Crippen LogP contribution in [0, 0.1) is 0 Å². The standard InChI is InChI=1S/C13H14BrN3O3/c14-9-3-1-8(2-4-9)7-11(18)16-17-13(20)12(19)15-10-5-6-10/h1-4,10H,5-7H2,(H,15,19)(H,16,18)(H,17,20). The quantitative estimate of drug-likeness (QED) is 0.550. The van der Waals surface area contributed by atoms with E-state index < -0.39 is 11.8 Å². The minimum absolute atomic E-state index is 0.103. The molecule has 3 amide bonds. The zero-order valence-electron chi connectivity index (χ0n) is 10.6. The molecule has 0 unspecified atom stereocenters. The predicted octanol–water partition coefficient (Wildman–Crippen LogP) is 0.418. The van der Waals surface area contributed by atoms with Crippen LogP contribution < -0.4 is 16.2 Å². The lowest BCUT2D eigenvalue weighted by molar-refractivity contribution is -0.140. The van der Waals surface area contributed by atoms with Crippen LogP contribution in [0.4, 0.5) is 0 Å². The Morgan fingerprint density at radius 2 is 1.70 bits per heavy atom. The summed E-state index contributed by atoms with van der Waals surface area (Å²) in [4.78, 5) is 34.3. The van der Waals surface area contributed by atoms with Crippen molar-refractivity contribution in [2.24, 2.45) is 0 Å². The molecule has 6 nitrogen and oxygen atoms in total. The van der Waals surface area contributed by atoms with Crippen LogP contribution in [0.25, 0.3) is 0 Å². The molecule has 0 aromatic heterocycles. The van der Waals surface area contributed by atoms with E-state index in [1.165, 1.54) is 0 Å². The maximum atomic E-state index is 11.6. The summed E-state index contributed by atoms with van der Waals surface area (Å²) in [6, 6.07) is 7.34. The zero-order valence-corrected chi connectivity index (χ0v) is 12.2. The summed E-state index contributed by atoms with van der Waals surface area (Å²) in [7, 11) is 0. The van der Waals surface area contributed by atoms with Gasteiger partial charge in [0.2, 0.25) is 5.91 Å². The van der Waals surface area contributed by atoms with E-state index >= 15 is 0 Å². The molecule has 1 aromatic carbocycles. The molecule has 0 spiro atoms. The molecule has 106 valence electrons. The lowest BCUT2D eigenvalue weighted by Gasteiger charge is -2.07. The van der Waals surface area contributed by atoms with Crippen molar-refractivity contribution in [1.29, 1.82) is 0 Å². The average molecular weight is 340 g/mol. The smallest absolute Gasteiger partial charge is 0.327 e. The summed E-state index contributed by atoms with van der Waals surface area (Å²) in [5, 5.41) is 2.53. The Kier molecular flexibility index (Phi) is 4.73. The van der Waals surface area contributed by atoms with Gasteiger partial charge in [0.05, 0.1) is 6.42 Å². The van der Waals surface area contributed by atoms with Gasteiger partial charge >= 0.3 is 11.8 Å². The number of hydrogen-bond donors (Lipinski definition) is 3.